The second-order valence-electron chi connectivity index (χ2n) is 10.9. The zero-order valence-electron chi connectivity index (χ0n) is 28.8. The van der Waals surface area contributed by atoms with Gasteiger partial charge in [-0.25, -0.2) is 9.59 Å². The molecule has 0 N–H and O–H groups in total. The van der Waals surface area contributed by atoms with E-state index in [2.05, 4.69) is 13.2 Å². The van der Waals surface area contributed by atoms with E-state index < -0.39 is 17.4 Å². The molecule has 254 valence electrons. The first kappa shape index (κ1) is 34.4. The number of benzene rings is 4. The predicted molar refractivity (Wildman–Crippen MR) is 184 cm³/mol. The number of carbonyl (C=O) groups excluding carboxylic acids is 2. The Kier molecular flexibility index (Phi) is 9.61. The Morgan fingerprint density at radius 1 is 0.510 bits per heavy atom. The third-order valence-electron chi connectivity index (χ3n) is 8.76. The third kappa shape index (κ3) is 5.02. The van der Waals surface area contributed by atoms with Gasteiger partial charge in [0.2, 0.25) is 0 Å². The van der Waals surface area contributed by atoms with E-state index in [0.717, 1.165) is 23.3 Å². The summed E-state index contributed by atoms with van der Waals surface area (Å²) in [6, 6.07) is 15.4. The average Bonchev–Trinajstić information content (AvgIpc) is 3.41. The monoisotopic (exact) mass is 666 g/mol. The second-order valence-corrected chi connectivity index (χ2v) is 10.9. The molecule has 4 aromatic carbocycles. The van der Waals surface area contributed by atoms with Crippen LogP contribution in [0.25, 0.3) is 11.1 Å². The molecule has 49 heavy (non-hydrogen) atoms. The first-order valence-corrected chi connectivity index (χ1v) is 15.2. The number of carbonyl (C=O) groups is 2. The van der Waals surface area contributed by atoms with E-state index >= 15 is 0 Å². The summed E-state index contributed by atoms with van der Waals surface area (Å²) >= 11 is 0. The summed E-state index contributed by atoms with van der Waals surface area (Å²) in [6.45, 7) is 10.8. The molecular weight excluding hydrogens is 628 g/mol. The molecule has 0 amide bonds. The van der Waals surface area contributed by atoms with E-state index in [1.807, 2.05) is 48.5 Å². The van der Waals surface area contributed by atoms with Crippen LogP contribution in [-0.2, 0) is 15.0 Å². The molecule has 1 aliphatic carbocycles. The largest absolute Gasteiger partial charge is 0.492 e. The fraction of sp³-hybridized carbons (Fsp3) is 0.231. The van der Waals surface area contributed by atoms with E-state index in [4.69, 9.17) is 37.9 Å². The molecule has 0 bridgehead atoms. The molecule has 0 radical (unpaired) electrons. The SMILES string of the molecule is C=CC(=O)Oc1c(OC)c(C)c(OC)c(OC)c1C1(c2c(OC)c(OC)c(C)c(OC)c2OC(=O)C=C)c2ccccc2-c2ccccc21. The standard InChI is InChI=1S/C39H38O10/c1-11-27(40)48-37-29(35(46-9)31(42-5)21(3)33(37)44-7)39(25-19-15-13-17-23(25)24-18-14-16-20-26(24)39)30-36(47-10)32(43-6)22(4)34(45-8)38(30)49-28(41)12-2/h11-20H,1-2H2,3-10H3. The van der Waals surface area contributed by atoms with Crippen molar-refractivity contribution in [3.63, 3.8) is 0 Å². The van der Waals surface area contributed by atoms with Crippen molar-refractivity contribution in [3.8, 4) is 57.1 Å². The van der Waals surface area contributed by atoms with Crippen LogP contribution in [0.1, 0.15) is 33.4 Å². The number of esters is 2. The van der Waals surface area contributed by atoms with Gasteiger partial charge in [0.05, 0.1) is 59.2 Å². The highest BCUT2D eigenvalue weighted by atomic mass is 16.6. The maximum atomic E-state index is 13.2. The highest BCUT2D eigenvalue weighted by molar-refractivity contribution is 5.94. The fourth-order valence-corrected chi connectivity index (χ4v) is 6.98. The number of hydrogen-bond donors (Lipinski definition) is 0. The molecule has 10 heteroatoms. The summed E-state index contributed by atoms with van der Waals surface area (Å²) in [4.78, 5) is 26.4. The van der Waals surface area contributed by atoms with Crippen LogP contribution in [0.5, 0.6) is 46.0 Å². The average molecular weight is 667 g/mol. The first-order chi connectivity index (χ1) is 23.7. The van der Waals surface area contributed by atoms with Gasteiger partial charge in [-0.3, -0.25) is 0 Å². The lowest BCUT2D eigenvalue weighted by atomic mass is 9.65. The maximum Gasteiger partial charge on any atom is 0.335 e. The van der Waals surface area contributed by atoms with Crippen LogP contribution in [0, 0.1) is 13.8 Å². The first-order valence-electron chi connectivity index (χ1n) is 15.2. The molecular formula is C39H38O10. The van der Waals surface area contributed by atoms with E-state index in [1.54, 1.807) is 13.8 Å². The predicted octanol–water partition coefficient (Wildman–Crippen LogP) is 6.90. The maximum absolute atomic E-state index is 13.2. The summed E-state index contributed by atoms with van der Waals surface area (Å²) in [5.41, 5.74) is 3.05. The van der Waals surface area contributed by atoms with Crippen molar-refractivity contribution in [1.82, 2.24) is 0 Å². The van der Waals surface area contributed by atoms with Crippen molar-refractivity contribution >= 4 is 11.9 Å². The smallest absolute Gasteiger partial charge is 0.335 e. The van der Waals surface area contributed by atoms with E-state index in [9.17, 15) is 9.59 Å². The molecule has 0 spiro atoms. The molecule has 5 rings (SSSR count). The Morgan fingerprint density at radius 2 is 0.816 bits per heavy atom. The van der Waals surface area contributed by atoms with Gasteiger partial charge >= 0.3 is 11.9 Å². The van der Waals surface area contributed by atoms with E-state index in [0.29, 0.717) is 33.8 Å². The van der Waals surface area contributed by atoms with Crippen molar-refractivity contribution in [2.24, 2.45) is 0 Å². The van der Waals surface area contributed by atoms with Crippen LogP contribution >= 0.6 is 0 Å². The molecule has 4 aromatic rings. The summed E-state index contributed by atoms with van der Waals surface area (Å²) in [5.74, 6) is -0.0760. The van der Waals surface area contributed by atoms with Crippen LogP contribution in [0.2, 0.25) is 0 Å². The molecule has 0 atom stereocenters. The molecule has 10 nitrogen and oxygen atoms in total. The zero-order chi connectivity index (χ0) is 35.6. The summed E-state index contributed by atoms with van der Waals surface area (Å²) < 4.78 is 48.6. The summed E-state index contributed by atoms with van der Waals surface area (Å²) in [5, 5.41) is 0. The van der Waals surface area contributed by atoms with Crippen molar-refractivity contribution in [3.05, 3.63) is 107 Å². The number of fused-ring (bicyclic) bond motifs is 3. The van der Waals surface area contributed by atoms with Gasteiger partial charge in [0, 0.05) is 23.3 Å². The summed E-state index contributed by atoms with van der Waals surface area (Å²) in [7, 11) is 8.90. The van der Waals surface area contributed by atoms with Gasteiger partial charge in [-0.05, 0) is 36.1 Å². The van der Waals surface area contributed by atoms with E-state index in [1.165, 1.54) is 42.7 Å². The van der Waals surface area contributed by atoms with Crippen LogP contribution in [0.3, 0.4) is 0 Å². The third-order valence-corrected chi connectivity index (χ3v) is 8.76. The topological polar surface area (TPSA) is 108 Å². The van der Waals surface area contributed by atoms with E-state index in [-0.39, 0.29) is 45.6 Å². The normalized spacial score (nSPS) is 12.2. The lowest BCUT2D eigenvalue weighted by molar-refractivity contribution is -0.129. The summed E-state index contributed by atoms with van der Waals surface area (Å²) in [6.07, 6.45) is 2.10. The van der Waals surface area contributed by atoms with Gasteiger partial charge in [-0.2, -0.15) is 0 Å². The molecule has 0 aromatic heterocycles. The number of methoxy groups -OCH3 is 6. The van der Waals surface area contributed by atoms with Gasteiger partial charge in [0.25, 0.3) is 0 Å². The highest BCUT2D eigenvalue weighted by Gasteiger charge is 2.55. The molecule has 0 aliphatic heterocycles. The van der Waals surface area contributed by atoms with Crippen molar-refractivity contribution in [2.75, 3.05) is 42.7 Å². The lowest BCUT2D eigenvalue weighted by Crippen LogP contribution is -2.33. The zero-order valence-corrected chi connectivity index (χ0v) is 28.8. The minimum Gasteiger partial charge on any atom is -0.492 e. The van der Waals surface area contributed by atoms with Gasteiger partial charge in [0.1, 0.15) is 0 Å². The Balaban J connectivity index is 2.26. The van der Waals surface area contributed by atoms with Crippen LogP contribution in [0.15, 0.2) is 73.8 Å². The number of rotatable bonds is 12. The van der Waals surface area contributed by atoms with Crippen LogP contribution < -0.4 is 37.9 Å². The highest BCUT2D eigenvalue weighted by Crippen LogP contribution is 2.68. The van der Waals surface area contributed by atoms with Crippen molar-refractivity contribution in [2.45, 2.75) is 19.3 Å². The molecule has 0 saturated carbocycles. The second kappa shape index (κ2) is 13.7. The number of ether oxygens (including phenoxy) is 8. The fourth-order valence-electron chi connectivity index (χ4n) is 6.98. The van der Waals surface area contributed by atoms with Gasteiger partial charge in [0.15, 0.2) is 46.0 Å². The van der Waals surface area contributed by atoms with Crippen molar-refractivity contribution in [1.29, 1.82) is 0 Å². The quantitative estimate of drug-likeness (QED) is 0.0793. The lowest BCUT2D eigenvalue weighted by Gasteiger charge is -2.39. The van der Waals surface area contributed by atoms with Crippen molar-refractivity contribution < 1.29 is 47.5 Å². The minimum atomic E-state index is -1.57. The van der Waals surface area contributed by atoms with Gasteiger partial charge in [-0.1, -0.05) is 61.7 Å². The van der Waals surface area contributed by atoms with Crippen LogP contribution in [0.4, 0.5) is 0 Å². The number of hydrogen-bond acceptors (Lipinski definition) is 10. The molecule has 0 saturated heterocycles. The van der Waals surface area contributed by atoms with Gasteiger partial charge in [-0.15, -0.1) is 0 Å². The Bertz CT molecular complexity index is 1850. The van der Waals surface area contributed by atoms with Crippen LogP contribution in [-0.4, -0.2) is 54.6 Å². The Morgan fingerprint density at radius 3 is 1.12 bits per heavy atom. The minimum absolute atomic E-state index is 0.00983. The molecule has 0 heterocycles. The van der Waals surface area contributed by atoms with Gasteiger partial charge < -0.3 is 37.9 Å². The molecule has 0 unspecified atom stereocenters. The Labute approximate surface area is 285 Å². The Hall–Kier alpha value is -5.90. The molecule has 1 aliphatic rings. The molecule has 0 fully saturated rings.